The van der Waals surface area contributed by atoms with Crippen LogP contribution in [-0.2, 0) is 14.3 Å². The van der Waals surface area contributed by atoms with E-state index in [9.17, 15) is 19.7 Å². The molecule has 0 saturated carbocycles. The van der Waals surface area contributed by atoms with Crippen molar-refractivity contribution in [3.63, 3.8) is 0 Å². The number of nitrogens with zero attached hydrogens (tertiary/aromatic N) is 3. The van der Waals surface area contributed by atoms with E-state index in [0.29, 0.717) is 18.6 Å². The highest BCUT2D eigenvalue weighted by Crippen LogP contribution is 2.34. The summed E-state index contributed by atoms with van der Waals surface area (Å²) in [6, 6.07) is 14.9. The maximum atomic E-state index is 13.1. The van der Waals surface area contributed by atoms with Crippen LogP contribution in [0.1, 0.15) is 12.0 Å². The van der Waals surface area contributed by atoms with Gasteiger partial charge in [0.1, 0.15) is 5.70 Å². The summed E-state index contributed by atoms with van der Waals surface area (Å²) in [5, 5.41) is 11.0. The Morgan fingerprint density at radius 3 is 2.28 bits per heavy atom. The monoisotopic (exact) mass is 395 g/mol. The lowest BCUT2D eigenvalue weighted by molar-refractivity contribution is -0.384. The number of hydrogen-bond acceptors (Lipinski definition) is 6. The van der Waals surface area contributed by atoms with Gasteiger partial charge < -0.3 is 9.64 Å². The molecule has 1 aliphatic rings. The number of para-hydroxylation sites is 1. The summed E-state index contributed by atoms with van der Waals surface area (Å²) in [5.74, 6) is -0.816. The summed E-state index contributed by atoms with van der Waals surface area (Å²) in [4.78, 5) is 39.6. The van der Waals surface area contributed by atoms with Gasteiger partial charge in [-0.2, -0.15) is 0 Å². The summed E-state index contributed by atoms with van der Waals surface area (Å²) in [7, 11) is 3.28. The Labute approximate surface area is 168 Å². The fraction of sp³-hybridized carbons (Fsp3) is 0.238. The summed E-state index contributed by atoms with van der Waals surface area (Å²) in [6.45, 7) is 0.655. The lowest BCUT2D eigenvalue weighted by Gasteiger charge is -2.21. The van der Waals surface area contributed by atoms with Crippen LogP contribution in [0.5, 0.6) is 0 Å². The van der Waals surface area contributed by atoms with E-state index in [0.717, 1.165) is 5.69 Å². The first-order chi connectivity index (χ1) is 14.0. The van der Waals surface area contributed by atoms with Crippen LogP contribution >= 0.6 is 0 Å². The lowest BCUT2D eigenvalue weighted by Crippen LogP contribution is -2.35. The topological polar surface area (TPSA) is 93.0 Å². The van der Waals surface area contributed by atoms with E-state index in [2.05, 4.69) is 0 Å². The predicted molar refractivity (Wildman–Crippen MR) is 108 cm³/mol. The van der Waals surface area contributed by atoms with Crippen molar-refractivity contribution in [1.29, 1.82) is 0 Å². The van der Waals surface area contributed by atoms with E-state index in [1.165, 1.54) is 29.2 Å². The third-order valence-electron chi connectivity index (χ3n) is 4.72. The Morgan fingerprint density at radius 2 is 1.69 bits per heavy atom. The first-order valence-corrected chi connectivity index (χ1v) is 9.08. The molecule has 1 heterocycles. The summed E-state index contributed by atoms with van der Waals surface area (Å²) >= 11 is 0. The second-order valence-electron chi connectivity index (χ2n) is 6.53. The van der Waals surface area contributed by atoms with Crippen LogP contribution in [0.25, 0.3) is 5.57 Å². The van der Waals surface area contributed by atoms with Crippen molar-refractivity contribution in [2.24, 2.45) is 0 Å². The molecule has 0 atom stereocenters. The minimum Gasteiger partial charge on any atom is -0.385 e. The van der Waals surface area contributed by atoms with Gasteiger partial charge in [0.25, 0.3) is 17.5 Å². The summed E-state index contributed by atoms with van der Waals surface area (Å²) in [6.07, 6.45) is 0.518. The van der Waals surface area contributed by atoms with Gasteiger partial charge in [0.15, 0.2) is 0 Å². The number of ether oxygens (including phenoxy) is 1. The van der Waals surface area contributed by atoms with Gasteiger partial charge in [0, 0.05) is 45.1 Å². The van der Waals surface area contributed by atoms with Crippen LogP contribution in [0, 0.1) is 10.1 Å². The molecule has 29 heavy (non-hydrogen) atoms. The Balaban J connectivity index is 2.05. The Bertz CT molecular complexity index is 954. The van der Waals surface area contributed by atoms with E-state index < -0.39 is 16.7 Å². The molecule has 0 saturated heterocycles. The summed E-state index contributed by atoms with van der Waals surface area (Å²) in [5.41, 5.74) is 1.60. The predicted octanol–water partition coefficient (Wildman–Crippen LogP) is 2.85. The zero-order valence-electron chi connectivity index (χ0n) is 16.2. The standard InChI is InChI=1S/C21H21N3O5/c1-22(16-7-4-3-5-8-16)19-18(15-9-11-17(12-10-15)24(27)28)20(25)23(21(19)26)13-6-14-29-2/h3-5,7-12H,6,13-14H2,1-2H3. The van der Waals surface area contributed by atoms with Crippen LogP contribution in [0.3, 0.4) is 0 Å². The lowest BCUT2D eigenvalue weighted by atomic mass is 10.0. The molecule has 150 valence electrons. The third kappa shape index (κ3) is 4.02. The number of likely N-dealkylation sites (N-methyl/N-ethyl adjacent to an activating group) is 1. The second kappa shape index (κ2) is 8.66. The molecule has 1 aliphatic heterocycles. The zero-order chi connectivity index (χ0) is 21.0. The van der Waals surface area contributed by atoms with E-state index >= 15 is 0 Å². The van der Waals surface area contributed by atoms with E-state index in [-0.39, 0.29) is 23.5 Å². The van der Waals surface area contributed by atoms with Gasteiger partial charge in [0.05, 0.1) is 10.5 Å². The minimum atomic E-state index is -0.506. The molecule has 3 rings (SSSR count). The highest BCUT2D eigenvalue weighted by atomic mass is 16.6. The molecule has 0 N–H and O–H groups in total. The summed E-state index contributed by atoms with van der Waals surface area (Å²) < 4.78 is 5.03. The van der Waals surface area contributed by atoms with Crippen molar-refractivity contribution in [2.45, 2.75) is 6.42 Å². The van der Waals surface area contributed by atoms with Gasteiger partial charge >= 0.3 is 0 Å². The Morgan fingerprint density at radius 1 is 1.03 bits per heavy atom. The van der Waals surface area contributed by atoms with E-state index in [4.69, 9.17) is 4.74 Å². The van der Waals surface area contributed by atoms with Crippen molar-refractivity contribution < 1.29 is 19.2 Å². The number of non-ortho nitro benzene ring substituents is 1. The number of carbonyl (C=O) groups is 2. The molecule has 0 fully saturated rings. The van der Waals surface area contributed by atoms with Gasteiger partial charge in [-0.1, -0.05) is 18.2 Å². The first-order valence-electron chi connectivity index (χ1n) is 9.08. The number of methoxy groups -OCH3 is 1. The average molecular weight is 395 g/mol. The molecular weight excluding hydrogens is 374 g/mol. The van der Waals surface area contributed by atoms with Crippen LogP contribution in [0.2, 0.25) is 0 Å². The minimum absolute atomic E-state index is 0.0824. The van der Waals surface area contributed by atoms with Gasteiger partial charge in [-0.25, -0.2) is 0 Å². The number of carbonyl (C=O) groups excluding carboxylic acids is 2. The smallest absolute Gasteiger partial charge is 0.278 e. The Hall–Kier alpha value is -3.52. The number of anilines is 1. The molecule has 2 amide bonds. The quantitative estimate of drug-likeness (QED) is 0.295. The first kappa shape index (κ1) is 20.2. The van der Waals surface area contributed by atoms with E-state index in [1.54, 1.807) is 19.1 Å². The molecular formula is C21H21N3O5. The molecule has 0 spiro atoms. The highest BCUT2D eigenvalue weighted by Gasteiger charge is 2.40. The SMILES string of the molecule is COCCCN1C(=O)C(c2ccc([N+](=O)[O-])cc2)=C(N(C)c2ccccc2)C1=O. The van der Waals surface area contributed by atoms with E-state index in [1.807, 2.05) is 30.3 Å². The maximum Gasteiger partial charge on any atom is 0.278 e. The molecule has 0 aromatic heterocycles. The number of rotatable bonds is 8. The molecule has 2 aromatic carbocycles. The molecule has 0 radical (unpaired) electrons. The fourth-order valence-electron chi connectivity index (χ4n) is 3.24. The van der Waals surface area contributed by atoms with Crippen LogP contribution in [0.15, 0.2) is 60.3 Å². The van der Waals surface area contributed by atoms with Crippen molar-refractivity contribution in [3.8, 4) is 0 Å². The van der Waals surface area contributed by atoms with Crippen molar-refractivity contribution >= 4 is 28.8 Å². The van der Waals surface area contributed by atoms with Crippen molar-refractivity contribution in [1.82, 2.24) is 4.90 Å². The van der Waals surface area contributed by atoms with Gasteiger partial charge in [-0.3, -0.25) is 24.6 Å². The van der Waals surface area contributed by atoms with Crippen LogP contribution in [-0.4, -0.2) is 48.9 Å². The van der Waals surface area contributed by atoms with Crippen LogP contribution in [0.4, 0.5) is 11.4 Å². The van der Waals surface area contributed by atoms with Gasteiger partial charge in [-0.05, 0) is 36.2 Å². The number of nitro groups is 1. The van der Waals surface area contributed by atoms with Gasteiger partial charge in [0.2, 0.25) is 0 Å². The molecule has 0 aliphatic carbocycles. The second-order valence-corrected chi connectivity index (χ2v) is 6.53. The number of hydrogen-bond donors (Lipinski definition) is 0. The molecule has 8 nitrogen and oxygen atoms in total. The molecule has 0 bridgehead atoms. The maximum absolute atomic E-state index is 13.1. The number of benzene rings is 2. The average Bonchev–Trinajstić information content (AvgIpc) is 2.98. The number of imide groups is 1. The highest BCUT2D eigenvalue weighted by molar-refractivity contribution is 6.36. The zero-order valence-corrected chi connectivity index (χ0v) is 16.2. The van der Waals surface area contributed by atoms with Gasteiger partial charge in [-0.15, -0.1) is 0 Å². The Kier molecular flexibility index (Phi) is 6.04. The molecule has 8 heteroatoms. The van der Waals surface area contributed by atoms with Crippen molar-refractivity contribution in [2.75, 3.05) is 32.2 Å². The molecule has 0 unspecified atom stereocenters. The fourth-order valence-corrected chi connectivity index (χ4v) is 3.24. The number of nitro benzene ring substituents is 1. The normalized spacial score (nSPS) is 13.9. The van der Waals surface area contributed by atoms with Crippen LogP contribution < -0.4 is 4.90 Å². The largest absolute Gasteiger partial charge is 0.385 e. The van der Waals surface area contributed by atoms with Crippen molar-refractivity contribution in [3.05, 3.63) is 76.0 Å². The number of amides is 2. The molecule has 2 aromatic rings. The third-order valence-corrected chi connectivity index (χ3v) is 4.72.